The molecule has 1 aromatic carbocycles. The van der Waals surface area contributed by atoms with E-state index in [4.69, 9.17) is 11.1 Å². The Hall–Kier alpha value is -2.15. The fraction of sp³-hybridized carbons (Fsp3) is 0.250. The van der Waals surface area contributed by atoms with Crippen LogP contribution in [0.25, 0.3) is 10.2 Å². The number of benzene rings is 1. The van der Waals surface area contributed by atoms with Crippen molar-refractivity contribution in [3.8, 4) is 0 Å². The molecule has 0 aliphatic carbocycles. The van der Waals surface area contributed by atoms with Crippen molar-refractivity contribution in [3.05, 3.63) is 23.8 Å². The number of carbonyl (C=O) groups excluding carboxylic acids is 1. The number of aromatic nitrogens is 1. The minimum absolute atomic E-state index is 0.0320. The second-order valence-electron chi connectivity index (χ2n) is 4.28. The van der Waals surface area contributed by atoms with E-state index in [1.165, 1.54) is 16.2 Å². The van der Waals surface area contributed by atoms with Crippen LogP contribution in [0.3, 0.4) is 0 Å². The van der Waals surface area contributed by atoms with Crippen molar-refractivity contribution in [2.75, 3.05) is 18.9 Å². The predicted molar refractivity (Wildman–Crippen MR) is 77.5 cm³/mol. The zero-order valence-electron chi connectivity index (χ0n) is 10.7. The Morgan fingerprint density at radius 1 is 1.58 bits per heavy atom. The number of nitrogens with zero attached hydrogens (tertiary/aromatic N) is 2. The average molecular weight is 277 g/mol. The summed E-state index contributed by atoms with van der Waals surface area (Å²) >= 11 is 1.43. The van der Waals surface area contributed by atoms with Crippen LogP contribution in [0, 0.1) is 12.3 Å². The highest BCUT2D eigenvalue weighted by molar-refractivity contribution is 7.22. The zero-order valence-corrected chi connectivity index (χ0v) is 11.5. The third-order valence-electron chi connectivity index (χ3n) is 2.58. The van der Waals surface area contributed by atoms with Gasteiger partial charge in [-0.2, -0.15) is 0 Å². The van der Waals surface area contributed by atoms with Gasteiger partial charge in [-0.1, -0.05) is 17.4 Å². The van der Waals surface area contributed by atoms with Gasteiger partial charge in [0.25, 0.3) is 0 Å². The van der Waals surface area contributed by atoms with E-state index in [0.29, 0.717) is 5.13 Å². The average Bonchev–Trinajstić information content (AvgIpc) is 2.69. The summed E-state index contributed by atoms with van der Waals surface area (Å²) in [5.41, 5.74) is 7.30. The van der Waals surface area contributed by atoms with Crippen LogP contribution in [-0.4, -0.2) is 35.3 Å². The third kappa shape index (κ3) is 3.19. The molecular weight excluding hydrogens is 262 g/mol. The van der Waals surface area contributed by atoms with Crippen LogP contribution in [0.2, 0.25) is 0 Å². The number of hydrogen-bond donors (Lipinski definition) is 3. The number of nitrogens with two attached hydrogens (primary N) is 1. The normalized spacial score (nSPS) is 10.4. The number of aryl methyl sites for hydroxylation is 1. The molecule has 2 rings (SSSR count). The summed E-state index contributed by atoms with van der Waals surface area (Å²) in [6, 6.07) is 5.94. The second kappa shape index (κ2) is 5.23. The molecule has 19 heavy (non-hydrogen) atoms. The largest absolute Gasteiger partial charge is 0.370 e. The van der Waals surface area contributed by atoms with Gasteiger partial charge in [0.1, 0.15) is 0 Å². The van der Waals surface area contributed by atoms with Crippen LogP contribution in [0.5, 0.6) is 0 Å². The van der Waals surface area contributed by atoms with Gasteiger partial charge in [0, 0.05) is 7.05 Å². The lowest BCUT2D eigenvalue weighted by Crippen LogP contribution is -2.38. The number of guanidine groups is 1. The number of thiazole rings is 1. The first-order valence-electron chi connectivity index (χ1n) is 5.68. The molecule has 2 aromatic rings. The molecule has 6 nitrogen and oxygen atoms in total. The highest BCUT2D eigenvalue weighted by Gasteiger charge is 2.10. The number of carbonyl (C=O) groups is 1. The quantitative estimate of drug-likeness (QED) is 0.583. The fourth-order valence-electron chi connectivity index (χ4n) is 1.54. The van der Waals surface area contributed by atoms with Crippen molar-refractivity contribution < 1.29 is 4.79 Å². The molecule has 0 atom stereocenters. The van der Waals surface area contributed by atoms with E-state index in [9.17, 15) is 4.79 Å². The topological polar surface area (TPSA) is 95.1 Å². The Morgan fingerprint density at radius 3 is 3.00 bits per heavy atom. The molecule has 0 bridgehead atoms. The minimum atomic E-state index is -0.242. The summed E-state index contributed by atoms with van der Waals surface area (Å²) in [5.74, 6) is -0.386. The molecule has 0 spiro atoms. The third-order valence-corrected chi connectivity index (χ3v) is 3.52. The SMILES string of the molecule is Cc1ccc2nc(NC(=O)CN(C)C(=N)N)sc2c1. The Labute approximate surface area is 114 Å². The van der Waals surface area contributed by atoms with Gasteiger partial charge in [0.2, 0.25) is 5.91 Å². The van der Waals surface area contributed by atoms with E-state index in [0.717, 1.165) is 15.8 Å². The maximum Gasteiger partial charge on any atom is 0.245 e. The molecule has 0 aliphatic heterocycles. The molecule has 0 unspecified atom stereocenters. The van der Waals surface area contributed by atoms with Crippen molar-refractivity contribution >= 4 is 38.6 Å². The smallest absolute Gasteiger partial charge is 0.245 e. The number of hydrogen-bond acceptors (Lipinski definition) is 4. The summed E-state index contributed by atoms with van der Waals surface area (Å²) in [7, 11) is 1.59. The molecular formula is C12H15N5OS. The van der Waals surface area contributed by atoms with Gasteiger partial charge < -0.3 is 16.0 Å². The second-order valence-corrected chi connectivity index (χ2v) is 5.31. The fourth-order valence-corrected chi connectivity index (χ4v) is 2.52. The summed E-state index contributed by atoms with van der Waals surface area (Å²) in [6.45, 7) is 2.05. The standard InChI is InChI=1S/C12H15N5OS/c1-7-3-4-8-9(5-7)19-12(15-8)16-10(18)6-17(2)11(13)14/h3-5H,6H2,1-2H3,(H3,13,14)(H,15,16,18). The minimum Gasteiger partial charge on any atom is -0.370 e. The number of amides is 1. The Bertz CT molecular complexity index is 636. The molecule has 0 saturated heterocycles. The van der Waals surface area contributed by atoms with Crippen LogP contribution in [0.1, 0.15) is 5.56 Å². The van der Waals surface area contributed by atoms with Crippen LogP contribution >= 0.6 is 11.3 Å². The van der Waals surface area contributed by atoms with Crippen molar-refractivity contribution in [2.24, 2.45) is 5.73 Å². The van der Waals surface area contributed by atoms with E-state index in [1.807, 2.05) is 25.1 Å². The highest BCUT2D eigenvalue weighted by Crippen LogP contribution is 2.26. The highest BCUT2D eigenvalue weighted by atomic mass is 32.1. The molecule has 1 aromatic heterocycles. The Kier molecular flexibility index (Phi) is 3.66. The van der Waals surface area contributed by atoms with Gasteiger partial charge in [0.15, 0.2) is 11.1 Å². The lowest BCUT2D eigenvalue weighted by Gasteiger charge is -2.14. The van der Waals surface area contributed by atoms with Crippen LogP contribution in [-0.2, 0) is 4.79 Å². The maximum atomic E-state index is 11.7. The van der Waals surface area contributed by atoms with Crippen molar-refractivity contribution in [2.45, 2.75) is 6.92 Å². The van der Waals surface area contributed by atoms with E-state index in [1.54, 1.807) is 7.05 Å². The van der Waals surface area contributed by atoms with Crippen molar-refractivity contribution in [3.63, 3.8) is 0 Å². The van der Waals surface area contributed by atoms with Crippen LogP contribution in [0.4, 0.5) is 5.13 Å². The van der Waals surface area contributed by atoms with Gasteiger partial charge >= 0.3 is 0 Å². The van der Waals surface area contributed by atoms with Crippen molar-refractivity contribution in [1.82, 2.24) is 9.88 Å². The molecule has 1 amide bonds. The summed E-state index contributed by atoms with van der Waals surface area (Å²) in [6.07, 6.45) is 0. The van der Waals surface area contributed by atoms with E-state index < -0.39 is 0 Å². The first-order chi connectivity index (χ1) is 8.95. The number of fused-ring (bicyclic) bond motifs is 1. The molecule has 0 fully saturated rings. The molecule has 0 saturated carbocycles. The number of anilines is 1. The van der Waals surface area contributed by atoms with Gasteiger partial charge in [-0.15, -0.1) is 0 Å². The zero-order chi connectivity index (χ0) is 14.0. The van der Waals surface area contributed by atoms with Gasteiger partial charge in [0.05, 0.1) is 16.8 Å². The molecule has 4 N–H and O–H groups in total. The predicted octanol–water partition coefficient (Wildman–Crippen LogP) is 1.37. The summed E-state index contributed by atoms with van der Waals surface area (Å²) < 4.78 is 1.04. The summed E-state index contributed by atoms with van der Waals surface area (Å²) in [5, 5.41) is 10.5. The lowest BCUT2D eigenvalue weighted by molar-refractivity contribution is -0.116. The molecule has 1 heterocycles. The Morgan fingerprint density at radius 2 is 2.32 bits per heavy atom. The van der Waals surface area contributed by atoms with E-state index in [-0.39, 0.29) is 18.4 Å². The Balaban J connectivity index is 2.09. The molecule has 7 heteroatoms. The molecule has 0 radical (unpaired) electrons. The maximum absolute atomic E-state index is 11.7. The number of nitrogens with one attached hydrogen (secondary N) is 2. The van der Waals surface area contributed by atoms with Crippen LogP contribution < -0.4 is 11.1 Å². The van der Waals surface area contributed by atoms with Gasteiger partial charge in [-0.3, -0.25) is 10.2 Å². The first-order valence-corrected chi connectivity index (χ1v) is 6.49. The number of likely N-dealkylation sites (N-methyl/N-ethyl adjacent to an activating group) is 1. The lowest BCUT2D eigenvalue weighted by atomic mass is 10.2. The number of rotatable bonds is 3. The van der Waals surface area contributed by atoms with Gasteiger partial charge in [-0.05, 0) is 24.6 Å². The van der Waals surface area contributed by atoms with E-state index >= 15 is 0 Å². The molecule has 100 valence electrons. The van der Waals surface area contributed by atoms with E-state index in [2.05, 4.69) is 10.3 Å². The molecule has 0 aliphatic rings. The monoisotopic (exact) mass is 277 g/mol. The van der Waals surface area contributed by atoms with Crippen LogP contribution in [0.15, 0.2) is 18.2 Å². The van der Waals surface area contributed by atoms with Gasteiger partial charge in [-0.25, -0.2) is 4.98 Å². The first kappa shape index (κ1) is 13.3. The van der Waals surface area contributed by atoms with Crippen molar-refractivity contribution in [1.29, 1.82) is 5.41 Å². The summed E-state index contributed by atoms with van der Waals surface area (Å²) in [4.78, 5) is 17.4.